The molecular formula is C9H19NO3. The van der Waals surface area contributed by atoms with Crippen LogP contribution in [0, 0.1) is 5.92 Å². The van der Waals surface area contributed by atoms with Gasteiger partial charge in [0.2, 0.25) is 0 Å². The third-order valence-corrected chi connectivity index (χ3v) is 1.80. The molecular weight excluding hydrogens is 170 g/mol. The lowest BCUT2D eigenvalue weighted by molar-refractivity contribution is -0.138. The quantitative estimate of drug-likeness (QED) is 0.609. The molecule has 0 rings (SSSR count). The highest BCUT2D eigenvalue weighted by molar-refractivity contribution is 5.69. The summed E-state index contributed by atoms with van der Waals surface area (Å²) in [6, 6.07) is 0. The van der Waals surface area contributed by atoms with E-state index in [1.165, 1.54) is 0 Å². The van der Waals surface area contributed by atoms with Crippen LogP contribution in [0.4, 0.5) is 0 Å². The van der Waals surface area contributed by atoms with Gasteiger partial charge in [0, 0.05) is 6.54 Å². The molecule has 0 amide bonds. The lowest BCUT2D eigenvalue weighted by Gasteiger charge is -2.19. The van der Waals surface area contributed by atoms with E-state index in [4.69, 9.17) is 10.2 Å². The molecule has 0 fully saturated rings. The fourth-order valence-electron chi connectivity index (χ4n) is 1.04. The third-order valence-electron chi connectivity index (χ3n) is 1.80. The molecule has 0 saturated heterocycles. The van der Waals surface area contributed by atoms with E-state index < -0.39 is 5.97 Å². The summed E-state index contributed by atoms with van der Waals surface area (Å²) in [6.45, 7) is 5.41. The number of carboxylic acids is 1. The van der Waals surface area contributed by atoms with Gasteiger partial charge in [0.1, 0.15) is 0 Å². The number of nitrogens with zero attached hydrogens (tertiary/aromatic N) is 1. The van der Waals surface area contributed by atoms with Gasteiger partial charge in [-0.15, -0.1) is 0 Å². The van der Waals surface area contributed by atoms with Crippen LogP contribution in [0.25, 0.3) is 0 Å². The van der Waals surface area contributed by atoms with E-state index in [0.717, 1.165) is 13.0 Å². The lowest BCUT2D eigenvalue weighted by Crippen LogP contribution is -2.33. The molecule has 0 aliphatic rings. The van der Waals surface area contributed by atoms with E-state index in [1.54, 1.807) is 4.90 Å². The molecule has 0 spiro atoms. The molecule has 0 aromatic heterocycles. The Kier molecular flexibility index (Phi) is 6.54. The second-order valence-electron chi connectivity index (χ2n) is 3.58. The van der Waals surface area contributed by atoms with Crippen LogP contribution < -0.4 is 0 Å². The molecule has 0 heterocycles. The second kappa shape index (κ2) is 6.86. The summed E-state index contributed by atoms with van der Waals surface area (Å²) in [5, 5.41) is 17.2. The Hall–Kier alpha value is -0.610. The van der Waals surface area contributed by atoms with Crippen molar-refractivity contribution in [2.45, 2.75) is 20.3 Å². The molecule has 4 heteroatoms. The molecule has 13 heavy (non-hydrogen) atoms. The third kappa shape index (κ3) is 7.74. The van der Waals surface area contributed by atoms with Crippen LogP contribution in [0.15, 0.2) is 0 Å². The summed E-state index contributed by atoms with van der Waals surface area (Å²) >= 11 is 0. The van der Waals surface area contributed by atoms with Gasteiger partial charge in [-0.25, -0.2) is 0 Å². The molecule has 4 nitrogen and oxygen atoms in total. The number of aliphatic hydroxyl groups excluding tert-OH is 1. The monoisotopic (exact) mass is 189 g/mol. The predicted molar refractivity (Wildman–Crippen MR) is 50.6 cm³/mol. The topological polar surface area (TPSA) is 60.8 Å². The molecule has 0 bridgehead atoms. The Morgan fingerprint density at radius 2 is 2.00 bits per heavy atom. The SMILES string of the molecule is CC(C)CCN(CCO)CC(=O)O. The van der Waals surface area contributed by atoms with Gasteiger partial charge < -0.3 is 10.2 Å². The Labute approximate surface area is 79.2 Å². The number of hydrogen-bond acceptors (Lipinski definition) is 3. The minimum atomic E-state index is -0.836. The molecule has 2 N–H and O–H groups in total. The lowest BCUT2D eigenvalue weighted by atomic mass is 10.1. The average Bonchev–Trinajstić information content (AvgIpc) is 1.99. The van der Waals surface area contributed by atoms with Crippen molar-refractivity contribution in [2.24, 2.45) is 5.92 Å². The highest BCUT2D eigenvalue weighted by Gasteiger charge is 2.08. The van der Waals surface area contributed by atoms with E-state index in [1.807, 2.05) is 0 Å². The van der Waals surface area contributed by atoms with Gasteiger partial charge in [-0.2, -0.15) is 0 Å². The summed E-state index contributed by atoms with van der Waals surface area (Å²) in [6.07, 6.45) is 0.966. The van der Waals surface area contributed by atoms with E-state index in [0.29, 0.717) is 12.5 Å². The molecule has 0 aromatic rings. The molecule has 0 unspecified atom stereocenters. The van der Waals surface area contributed by atoms with Crippen molar-refractivity contribution in [3.63, 3.8) is 0 Å². The Morgan fingerprint density at radius 1 is 1.38 bits per heavy atom. The zero-order chi connectivity index (χ0) is 10.3. The molecule has 0 radical (unpaired) electrons. The minimum Gasteiger partial charge on any atom is -0.480 e. The van der Waals surface area contributed by atoms with Crippen molar-refractivity contribution in [3.8, 4) is 0 Å². The maximum Gasteiger partial charge on any atom is 0.317 e. The van der Waals surface area contributed by atoms with Crippen molar-refractivity contribution in [1.82, 2.24) is 4.90 Å². The Morgan fingerprint density at radius 3 is 2.38 bits per heavy atom. The fourth-order valence-corrected chi connectivity index (χ4v) is 1.04. The number of aliphatic carboxylic acids is 1. The molecule has 0 aromatic carbocycles. The first-order chi connectivity index (χ1) is 6.06. The first kappa shape index (κ1) is 12.4. The molecule has 0 aliphatic heterocycles. The van der Waals surface area contributed by atoms with Gasteiger partial charge >= 0.3 is 5.97 Å². The second-order valence-corrected chi connectivity index (χ2v) is 3.58. The highest BCUT2D eigenvalue weighted by atomic mass is 16.4. The Balaban J connectivity index is 3.72. The first-order valence-electron chi connectivity index (χ1n) is 4.61. The van der Waals surface area contributed by atoms with E-state index in [9.17, 15) is 4.79 Å². The van der Waals surface area contributed by atoms with Crippen LogP contribution in [0.2, 0.25) is 0 Å². The first-order valence-corrected chi connectivity index (χ1v) is 4.61. The number of carboxylic acid groups (broad SMARTS) is 1. The summed E-state index contributed by atoms with van der Waals surface area (Å²) in [4.78, 5) is 12.2. The van der Waals surface area contributed by atoms with Crippen LogP contribution >= 0.6 is 0 Å². The zero-order valence-electron chi connectivity index (χ0n) is 8.36. The van der Waals surface area contributed by atoms with Gasteiger partial charge in [-0.3, -0.25) is 9.69 Å². The molecule has 0 aliphatic carbocycles. The maximum absolute atomic E-state index is 10.4. The Bertz CT molecular complexity index is 148. The van der Waals surface area contributed by atoms with Crippen molar-refractivity contribution in [2.75, 3.05) is 26.2 Å². The normalized spacial score (nSPS) is 11.2. The predicted octanol–water partition coefficient (Wildman–Crippen LogP) is 0.411. The standard InChI is InChI=1S/C9H19NO3/c1-8(2)3-4-10(5-6-11)7-9(12)13/h8,11H,3-7H2,1-2H3,(H,12,13). The van der Waals surface area contributed by atoms with Crippen LogP contribution in [-0.2, 0) is 4.79 Å². The van der Waals surface area contributed by atoms with Gasteiger partial charge in [-0.1, -0.05) is 13.8 Å². The van der Waals surface area contributed by atoms with Gasteiger partial charge in [0.05, 0.1) is 13.2 Å². The summed E-state index contributed by atoms with van der Waals surface area (Å²) in [5.41, 5.74) is 0. The molecule has 0 atom stereocenters. The van der Waals surface area contributed by atoms with E-state index in [-0.39, 0.29) is 13.2 Å². The fraction of sp³-hybridized carbons (Fsp3) is 0.889. The van der Waals surface area contributed by atoms with Crippen LogP contribution in [0.5, 0.6) is 0 Å². The number of carbonyl (C=O) groups is 1. The number of rotatable bonds is 7. The highest BCUT2D eigenvalue weighted by Crippen LogP contribution is 2.01. The average molecular weight is 189 g/mol. The maximum atomic E-state index is 10.4. The van der Waals surface area contributed by atoms with E-state index >= 15 is 0 Å². The summed E-state index contributed by atoms with van der Waals surface area (Å²) in [5.74, 6) is -0.271. The van der Waals surface area contributed by atoms with Gasteiger partial charge in [0.25, 0.3) is 0 Å². The van der Waals surface area contributed by atoms with E-state index in [2.05, 4.69) is 13.8 Å². The summed E-state index contributed by atoms with van der Waals surface area (Å²) < 4.78 is 0. The summed E-state index contributed by atoms with van der Waals surface area (Å²) in [7, 11) is 0. The van der Waals surface area contributed by atoms with Gasteiger partial charge in [0.15, 0.2) is 0 Å². The zero-order valence-corrected chi connectivity index (χ0v) is 8.36. The smallest absolute Gasteiger partial charge is 0.317 e. The van der Waals surface area contributed by atoms with Gasteiger partial charge in [-0.05, 0) is 18.9 Å². The largest absolute Gasteiger partial charge is 0.480 e. The molecule has 0 saturated carbocycles. The van der Waals surface area contributed by atoms with Crippen LogP contribution in [0.1, 0.15) is 20.3 Å². The number of hydrogen-bond donors (Lipinski definition) is 2. The van der Waals surface area contributed by atoms with Crippen LogP contribution in [0.3, 0.4) is 0 Å². The van der Waals surface area contributed by atoms with Crippen LogP contribution in [-0.4, -0.2) is 47.3 Å². The molecule has 78 valence electrons. The van der Waals surface area contributed by atoms with Crippen molar-refractivity contribution >= 4 is 5.97 Å². The van der Waals surface area contributed by atoms with Crippen molar-refractivity contribution < 1.29 is 15.0 Å². The number of aliphatic hydroxyl groups is 1. The van der Waals surface area contributed by atoms with Crippen molar-refractivity contribution in [1.29, 1.82) is 0 Å². The minimum absolute atomic E-state index is 0.0192. The van der Waals surface area contributed by atoms with Crippen molar-refractivity contribution in [3.05, 3.63) is 0 Å².